The maximum absolute atomic E-state index is 12.1. The van der Waals surface area contributed by atoms with E-state index in [4.69, 9.17) is 0 Å². The number of carbonyl (C=O) groups is 2. The molecule has 0 bridgehead atoms. The van der Waals surface area contributed by atoms with Crippen molar-refractivity contribution in [2.75, 3.05) is 18.9 Å². The lowest BCUT2D eigenvalue weighted by Gasteiger charge is -2.16. The summed E-state index contributed by atoms with van der Waals surface area (Å²) in [4.78, 5) is 29.6. The lowest BCUT2D eigenvalue weighted by atomic mass is 10.1. The molecule has 0 saturated heterocycles. The maximum Gasteiger partial charge on any atom is 0.246 e. The van der Waals surface area contributed by atoms with E-state index in [0.29, 0.717) is 5.69 Å². The largest absolute Gasteiger partial charge is 0.333 e. The molecule has 5 heteroatoms. The van der Waals surface area contributed by atoms with Gasteiger partial charge in [0.1, 0.15) is 0 Å². The molecule has 0 fully saturated rings. The monoisotopic (exact) mass is 323 g/mol. The average Bonchev–Trinajstić information content (AvgIpc) is 2.56. The van der Waals surface area contributed by atoms with E-state index in [9.17, 15) is 9.59 Å². The van der Waals surface area contributed by atoms with E-state index in [2.05, 4.69) is 10.3 Å². The van der Waals surface area contributed by atoms with Crippen LogP contribution in [-0.4, -0.2) is 35.3 Å². The number of nitrogens with zero attached hydrogens (tertiary/aromatic N) is 2. The third kappa shape index (κ3) is 5.05. The van der Waals surface area contributed by atoms with Gasteiger partial charge in [0.15, 0.2) is 0 Å². The molecule has 0 aliphatic carbocycles. The molecule has 1 aromatic heterocycles. The predicted molar refractivity (Wildman–Crippen MR) is 95.5 cm³/mol. The molecular formula is C19H21N3O2. The van der Waals surface area contributed by atoms with Gasteiger partial charge in [-0.25, -0.2) is 0 Å². The van der Waals surface area contributed by atoms with Gasteiger partial charge >= 0.3 is 0 Å². The Balaban J connectivity index is 1.92. The van der Waals surface area contributed by atoms with Gasteiger partial charge in [-0.3, -0.25) is 14.6 Å². The van der Waals surface area contributed by atoms with Crippen molar-refractivity contribution in [1.29, 1.82) is 0 Å². The fraction of sp³-hybridized carbons (Fsp3) is 0.211. The van der Waals surface area contributed by atoms with Gasteiger partial charge < -0.3 is 10.2 Å². The molecule has 0 aliphatic rings. The highest BCUT2D eigenvalue weighted by molar-refractivity contribution is 5.98. The number of hydrogen-bond acceptors (Lipinski definition) is 3. The zero-order valence-corrected chi connectivity index (χ0v) is 14.1. The predicted octanol–water partition coefficient (Wildman–Crippen LogP) is 2.81. The molecule has 0 atom stereocenters. The Morgan fingerprint density at radius 2 is 2.00 bits per heavy atom. The van der Waals surface area contributed by atoms with E-state index < -0.39 is 0 Å². The molecule has 2 aromatic rings. The van der Waals surface area contributed by atoms with Gasteiger partial charge in [0.25, 0.3) is 0 Å². The van der Waals surface area contributed by atoms with Crippen LogP contribution >= 0.6 is 0 Å². The van der Waals surface area contributed by atoms with Crippen molar-refractivity contribution in [3.05, 3.63) is 65.5 Å². The molecular weight excluding hydrogens is 302 g/mol. The van der Waals surface area contributed by atoms with Crippen LogP contribution in [0.15, 0.2) is 48.7 Å². The summed E-state index contributed by atoms with van der Waals surface area (Å²) in [5.74, 6) is -0.484. The summed E-state index contributed by atoms with van der Waals surface area (Å²) in [6, 6.07) is 11.3. The van der Waals surface area contributed by atoms with Crippen molar-refractivity contribution < 1.29 is 9.59 Å². The fourth-order valence-electron chi connectivity index (χ4n) is 2.11. The van der Waals surface area contributed by atoms with Crippen LogP contribution in [0.3, 0.4) is 0 Å². The minimum Gasteiger partial charge on any atom is -0.333 e. The number of likely N-dealkylation sites (N-methyl/N-ethyl adjacent to an activating group) is 1. The van der Waals surface area contributed by atoms with Gasteiger partial charge in [-0.2, -0.15) is 0 Å². The van der Waals surface area contributed by atoms with E-state index in [1.54, 1.807) is 25.4 Å². The van der Waals surface area contributed by atoms with Crippen LogP contribution in [0.25, 0.3) is 6.08 Å². The molecule has 0 saturated carbocycles. The second-order valence-corrected chi connectivity index (χ2v) is 5.65. The molecule has 0 unspecified atom stereocenters. The van der Waals surface area contributed by atoms with Gasteiger partial charge in [0.2, 0.25) is 11.8 Å². The first-order valence-electron chi connectivity index (χ1n) is 7.67. The van der Waals surface area contributed by atoms with Crippen LogP contribution in [0.2, 0.25) is 0 Å². The van der Waals surface area contributed by atoms with Crippen molar-refractivity contribution >= 4 is 23.6 Å². The van der Waals surface area contributed by atoms with E-state index in [1.165, 1.54) is 11.0 Å². The van der Waals surface area contributed by atoms with Crippen LogP contribution in [0.4, 0.5) is 5.69 Å². The Hall–Kier alpha value is -2.95. The molecule has 0 aliphatic heterocycles. The van der Waals surface area contributed by atoms with E-state index in [1.807, 2.05) is 44.2 Å². The first-order chi connectivity index (χ1) is 11.5. The number of aryl methyl sites for hydroxylation is 2. The first-order valence-corrected chi connectivity index (χ1v) is 7.67. The van der Waals surface area contributed by atoms with E-state index in [0.717, 1.165) is 16.8 Å². The normalized spacial score (nSPS) is 10.6. The van der Waals surface area contributed by atoms with Crippen LogP contribution in [0.5, 0.6) is 0 Å². The summed E-state index contributed by atoms with van der Waals surface area (Å²) in [5.41, 5.74) is 3.51. The minimum absolute atomic E-state index is 0.0151. The average molecular weight is 323 g/mol. The first kappa shape index (κ1) is 17.4. The van der Waals surface area contributed by atoms with Crippen molar-refractivity contribution in [2.45, 2.75) is 13.8 Å². The maximum atomic E-state index is 12.1. The number of rotatable bonds is 5. The minimum atomic E-state index is -0.253. The summed E-state index contributed by atoms with van der Waals surface area (Å²) < 4.78 is 0. The molecule has 0 radical (unpaired) electrons. The van der Waals surface area contributed by atoms with Gasteiger partial charge in [-0.1, -0.05) is 18.2 Å². The zero-order valence-electron chi connectivity index (χ0n) is 14.1. The lowest BCUT2D eigenvalue weighted by Crippen LogP contribution is -2.34. The molecule has 2 rings (SSSR count). The smallest absolute Gasteiger partial charge is 0.246 e. The van der Waals surface area contributed by atoms with Gasteiger partial charge in [-0.05, 0) is 49.2 Å². The van der Waals surface area contributed by atoms with Crippen molar-refractivity contribution in [3.63, 3.8) is 0 Å². The van der Waals surface area contributed by atoms with E-state index in [-0.39, 0.29) is 18.4 Å². The Bertz CT molecular complexity index is 754. The van der Waals surface area contributed by atoms with Gasteiger partial charge in [0.05, 0.1) is 12.2 Å². The fourth-order valence-corrected chi connectivity index (χ4v) is 2.11. The second kappa shape index (κ2) is 8.06. The number of amides is 2. The van der Waals surface area contributed by atoms with Gasteiger partial charge in [-0.15, -0.1) is 0 Å². The molecule has 1 aromatic carbocycles. The van der Waals surface area contributed by atoms with Crippen LogP contribution in [0, 0.1) is 13.8 Å². The Kier molecular flexibility index (Phi) is 5.84. The molecule has 24 heavy (non-hydrogen) atoms. The Morgan fingerprint density at radius 1 is 1.21 bits per heavy atom. The Labute approximate surface area is 142 Å². The summed E-state index contributed by atoms with van der Waals surface area (Å²) in [7, 11) is 1.59. The Morgan fingerprint density at radius 3 is 2.71 bits per heavy atom. The topological polar surface area (TPSA) is 62.3 Å². The SMILES string of the molecule is Cc1ccc(C)c(NC(=O)CN(C)C(=O)C=Cc2ccccn2)c1. The summed E-state index contributed by atoms with van der Waals surface area (Å²) in [6.45, 7) is 3.88. The third-order valence-corrected chi connectivity index (χ3v) is 3.51. The summed E-state index contributed by atoms with van der Waals surface area (Å²) in [5, 5.41) is 2.84. The zero-order chi connectivity index (χ0) is 17.5. The molecule has 1 heterocycles. The lowest BCUT2D eigenvalue weighted by molar-refractivity contribution is -0.129. The number of anilines is 1. The number of hydrogen-bond donors (Lipinski definition) is 1. The van der Waals surface area contributed by atoms with Crippen molar-refractivity contribution in [3.8, 4) is 0 Å². The van der Waals surface area contributed by atoms with Crippen LogP contribution < -0.4 is 5.32 Å². The highest BCUT2D eigenvalue weighted by Crippen LogP contribution is 2.16. The highest BCUT2D eigenvalue weighted by Gasteiger charge is 2.11. The van der Waals surface area contributed by atoms with Crippen molar-refractivity contribution in [1.82, 2.24) is 9.88 Å². The summed E-state index contributed by atoms with van der Waals surface area (Å²) >= 11 is 0. The third-order valence-electron chi connectivity index (χ3n) is 3.51. The van der Waals surface area contributed by atoms with Crippen molar-refractivity contribution in [2.24, 2.45) is 0 Å². The molecule has 124 valence electrons. The number of pyridine rings is 1. The van der Waals surface area contributed by atoms with Crippen LogP contribution in [-0.2, 0) is 9.59 Å². The number of aromatic nitrogens is 1. The molecule has 2 amide bonds. The number of nitrogens with one attached hydrogen (secondary N) is 1. The number of benzene rings is 1. The molecule has 1 N–H and O–H groups in total. The van der Waals surface area contributed by atoms with E-state index >= 15 is 0 Å². The second-order valence-electron chi connectivity index (χ2n) is 5.65. The number of carbonyl (C=O) groups excluding carboxylic acids is 2. The molecule has 5 nitrogen and oxygen atoms in total. The molecule has 0 spiro atoms. The quantitative estimate of drug-likeness (QED) is 0.861. The van der Waals surface area contributed by atoms with Gasteiger partial charge in [0, 0.05) is 25.0 Å². The highest BCUT2D eigenvalue weighted by atomic mass is 16.2. The van der Waals surface area contributed by atoms with Crippen LogP contribution in [0.1, 0.15) is 16.8 Å². The standard InChI is InChI=1S/C19H21N3O2/c1-14-7-8-15(2)17(12-14)21-18(23)13-22(3)19(24)10-9-16-6-4-5-11-20-16/h4-12H,13H2,1-3H3,(H,21,23). The summed E-state index contributed by atoms with van der Waals surface area (Å²) in [6.07, 6.45) is 4.69.